The van der Waals surface area contributed by atoms with Crippen LogP contribution < -0.4 is 5.48 Å². The Kier molecular flexibility index (Phi) is 21.2. The number of hydroxylamine groups is 1. The minimum atomic E-state index is 0.744. The highest BCUT2D eigenvalue weighted by atomic mass is 16.5. The molecular formula is C11H27NO. The molecule has 0 saturated heterocycles. The highest BCUT2D eigenvalue weighted by molar-refractivity contribution is 4.45. The molecule has 0 aromatic carbocycles. The van der Waals surface area contributed by atoms with Crippen molar-refractivity contribution in [1.29, 1.82) is 0 Å². The third-order valence-electron chi connectivity index (χ3n) is 1.89. The van der Waals surface area contributed by atoms with E-state index >= 15 is 0 Å². The molecule has 0 bridgehead atoms. The van der Waals surface area contributed by atoms with E-state index in [1.54, 1.807) is 0 Å². The van der Waals surface area contributed by atoms with Gasteiger partial charge in [-0.2, -0.15) is 0 Å². The molecule has 0 heterocycles. The van der Waals surface area contributed by atoms with Crippen LogP contribution >= 0.6 is 0 Å². The van der Waals surface area contributed by atoms with Crippen LogP contribution in [0.25, 0.3) is 0 Å². The van der Waals surface area contributed by atoms with Crippen molar-refractivity contribution in [2.24, 2.45) is 0 Å². The van der Waals surface area contributed by atoms with Crippen molar-refractivity contribution < 1.29 is 5.21 Å². The first-order chi connectivity index (χ1) is 6.41. The third-order valence-corrected chi connectivity index (χ3v) is 1.89. The Labute approximate surface area is 83.7 Å². The summed E-state index contributed by atoms with van der Waals surface area (Å²) in [5.41, 5.74) is 2.17. The van der Waals surface area contributed by atoms with Gasteiger partial charge in [0.2, 0.25) is 0 Å². The molecule has 2 nitrogen and oxygen atoms in total. The van der Waals surface area contributed by atoms with E-state index in [2.05, 4.69) is 12.4 Å². The molecular weight excluding hydrogens is 162 g/mol. The van der Waals surface area contributed by atoms with Crippen molar-refractivity contribution >= 4 is 0 Å². The quantitative estimate of drug-likeness (QED) is 0.450. The lowest BCUT2D eigenvalue weighted by atomic mass is 10.1. The molecule has 2 N–H and O–H groups in total. The van der Waals surface area contributed by atoms with E-state index in [1.807, 2.05) is 13.8 Å². The SMILES string of the molecule is CC.CCCCCCCCCNO. The summed E-state index contributed by atoms with van der Waals surface area (Å²) in [7, 11) is 0. The monoisotopic (exact) mass is 189 g/mol. The molecule has 13 heavy (non-hydrogen) atoms. The first kappa shape index (κ1) is 15.4. The molecule has 82 valence electrons. The summed E-state index contributed by atoms with van der Waals surface area (Å²) < 4.78 is 0. The molecule has 0 aromatic rings. The Morgan fingerprint density at radius 3 is 1.77 bits per heavy atom. The number of unbranched alkanes of at least 4 members (excludes halogenated alkanes) is 6. The molecule has 0 saturated carbocycles. The van der Waals surface area contributed by atoms with Crippen molar-refractivity contribution in [2.75, 3.05) is 6.54 Å². The van der Waals surface area contributed by atoms with Gasteiger partial charge < -0.3 is 5.21 Å². The van der Waals surface area contributed by atoms with Gasteiger partial charge >= 0.3 is 0 Å². The molecule has 0 amide bonds. The van der Waals surface area contributed by atoms with E-state index in [-0.39, 0.29) is 0 Å². The summed E-state index contributed by atoms with van der Waals surface area (Å²) in [6, 6.07) is 0. The maximum atomic E-state index is 8.26. The Morgan fingerprint density at radius 2 is 1.31 bits per heavy atom. The van der Waals surface area contributed by atoms with Gasteiger partial charge in [0.15, 0.2) is 0 Å². The summed E-state index contributed by atoms with van der Waals surface area (Å²) in [6.07, 6.45) is 9.10. The highest BCUT2D eigenvalue weighted by Gasteiger charge is 1.89. The topological polar surface area (TPSA) is 32.3 Å². The Hall–Kier alpha value is -0.0800. The number of rotatable bonds is 8. The van der Waals surface area contributed by atoms with E-state index in [4.69, 9.17) is 5.21 Å². The maximum Gasteiger partial charge on any atom is 0.0207 e. The highest BCUT2D eigenvalue weighted by Crippen LogP contribution is 2.05. The first-order valence-corrected chi connectivity index (χ1v) is 5.78. The van der Waals surface area contributed by atoms with Gasteiger partial charge in [0.05, 0.1) is 0 Å². The van der Waals surface area contributed by atoms with Crippen molar-refractivity contribution in [3.05, 3.63) is 0 Å². The van der Waals surface area contributed by atoms with E-state index < -0.39 is 0 Å². The Balaban J connectivity index is 0. The van der Waals surface area contributed by atoms with Crippen LogP contribution in [0.4, 0.5) is 0 Å². The first-order valence-electron chi connectivity index (χ1n) is 5.78. The van der Waals surface area contributed by atoms with Gasteiger partial charge in [-0.1, -0.05) is 59.3 Å². The molecule has 0 aliphatic heterocycles. The standard InChI is InChI=1S/C9H21NO.C2H6/c1-2-3-4-5-6-7-8-9-10-11;1-2/h10-11H,2-9H2,1H3;1-2H3. The van der Waals surface area contributed by atoms with Crippen molar-refractivity contribution in [2.45, 2.75) is 65.7 Å². The molecule has 0 fully saturated rings. The molecule has 0 rings (SSSR count). The molecule has 0 aliphatic carbocycles. The summed E-state index contributed by atoms with van der Waals surface area (Å²) in [6.45, 7) is 6.98. The third kappa shape index (κ3) is 18.7. The minimum absolute atomic E-state index is 0.744. The molecule has 0 atom stereocenters. The van der Waals surface area contributed by atoms with Crippen LogP contribution in [0.3, 0.4) is 0 Å². The van der Waals surface area contributed by atoms with Gasteiger partial charge in [0.25, 0.3) is 0 Å². The molecule has 0 aromatic heterocycles. The van der Waals surface area contributed by atoms with Gasteiger partial charge in [0, 0.05) is 6.54 Å². The van der Waals surface area contributed by atoms with Crippen LogP contribution in [0.15, 0.2) is 0 Å². The predicted molar refractivity (Wildman–Crippen MR) is 59.1 cm³/mol. The van der Waals surface area contributed by atoms with Crippen LogP contribution in [0.1, 0.15) is 65.7 Å². The zero-order chi connectivity index (χ0) is 10.4. The summed E-state index contributed by atoms with van der Waals surface area (Å²) in [5.74, 6) is 0. The van der Waals surface area contributed by atoms with Gasteiger partial charge in [-0.15, -0.1) is 0 Å². The fourth-order valence-corrected chi connectivity index (χ4v) is 1.16. The Bertz CT molecular complexity index is 59.1. The molecule has 2 heteroatoms. The second-order valence-electron chi connectivity index (χ2n) is 3.03. The average Bonchev–Trinajstić information content (AvgIpc) is 2.20. The maximum absolute atomic E-state index is 8.26. The second kappa shape index (κ2) is 17.9. The van der Waals surface area contributed by atoms with Crippen LogP contribution in [0.2, 0.25) is 0 Å². The lowest BCUT2D eigenvalue weighted by Gasteiger charge is -1.99. The number of hydrogen-bond acceptors (Lipinski definition) is 2. The van der Waals surface area contributed by atoms with E-state index in [0.717, 1.165) is 13.0 Å². The van der Waals surface area contributed by atoms with Gasteiger partial charge in [-0.3, -0.25) is 0 Å². The van der Waals surface area contributed by atoms with Crippen molar-refractivity contribution in [1.82, 2.24) is 5.48 Å². The average molecular weight is 189 g/mol. The Morgan fingerprint density at radius 1 is 0.846 bits per heavy atom. The zero-order valence-corrected chi connectivity index (χ0v) is 9.60. The van der Waals surface area contributed by atoms with Crippen molar-refractivity contribution in [3.63, 3.8) is 0 Å². The summed E-state index contributed by atoms with van der Waals surface area (Å²) >= 11 is 0. The van der Waals surface area contributed by atoms with Crippen LogP contribution in [0.5, 0.6) is 0 Å². The fraction of sp³-hybridized carbons (Fsp3) is 1.00. The fourth-order valence-electron chi connectivity index (χ4n) is 1.16. The predicted octanol–water partition coefficient (Wildman–Crippen LogP) is 3.74. The molecule has 0 unspecified atom stereocenters. The van der Waals surface area contributed by atoms with Crippen molar-refractivity contribution in [3.8, 4) is 0 Å². The second-order valence-corrected chi connectivity index (χ2v) is 3.03. The number of hydrogen-bond donors (Lipinski definition) is 2. The normalized spacial score (nSPS) is 9.23. The van der Waals surface area contributed by atoms with Crippen LogP contribution in [-0.4, -0.2) is 11.8 Å². The van der Waals surface area contributed by atoms with E-state index in [0.29, 0.717) is 0 Å². The minimum Gasteiger partial charge on any atom is -0.317 e. The largest absolute Gasteiger partial charge is 0.317 e. The lowest BCUT2D eigenvalue weighted by molar-refractivity contribution is 0.164. The van der Waals surface area contributed by atoms with Gasteiger partial charge in [0.1, 0.15) is 0 Å². The summed E-state index contributed by atoms with van der Waals surface area (Å²) in [4.78, 5) is 0. The summed E-state index contributed by atoms with van der Waals surface area (Å²) in [5, 5.41) is 8.26. The van der Waals surface area contributed by atoms with E-state index in [1.165, 1.54) is 38.5 Å². The zero-order valence-electron chi connectivity index (χ0n) is 9.60. The smallest absolute Gasteiger partial charge is 0.0207 e. The van der Waals surface area contributed by atoms with Crippen LogP contribution in [-0.2, 0) is 0 Å². The molecule has 0 radical (unpaired) electrons. The molecule has 0 spiro atoms. The molecule has 0 aliphatic rings. The lowest BCUT2D eigenvalue weighted by Crippen LogP contribution is -2.07. The van der Waals surface area contributed by atoms with Crippen LogP contribution in [0, 0.1) is 0 Å². The van der Waals surface area contributed by atoms with Gasteiger partial charge in [-0.25, -0.2) is 5.48 Å². The van der Waals surface area contributed by atoms with E-state index in [9.17, 15) is 0 Å². The number of nitrogens with one attached hydrogen (secondary N) is 1. The van der Waals surface area contributed by atoms with Gasteiger partial charge in [-0.05, 0) is 6.42 Å².